The van der Waals surface area contributed by atoms with Crippen molar-refractivity contribution in [2.24, 2.45) is 5.92 Å². The van der Waals surface area contributed by atoms with E-state index in [-0.39, 0.29) is 17.5 Å². The molecule has 0 amide bonds. The highest BCUT2D eigenvalue weighted by Crippen LogP contribution is 2.27. The van der Waals surface area contributed by atoms with Crippen LogP contribution in [0.3, 0.4) is 0 Å². The molecule has 0 aromatic heterocycles. The van der Waals surface area contributed by atoms with E-state index in [9.17, 15) is 4.79 Å². The maximum Gasteiger partial charge on any atom is 0.307 e. The Kier molecular flexibility index (Phi) is 1.96. The number of cyclic esters (lactones) is 1. The molecule has 0 radical (unpaired) electrons. The first-order valence-electron chi connectivity index (χ1n) is 3.07. The van der Waals surface area contributed by atoms with E-state index in [0.717, 1.165) is 6.42 Å². The molecule has 0 aromatic carbocycles. The van der Waals surface area contributed by atoms with Crippen LogP contribution in [0.4, 0.5) is 0 Å². The molecule has 52 valence electrons. The molecular formula is C6H9ClO2. The Bertz CT molecular complexity index is 124. The highest BCUT2D eigenvalue weighted by Gasteiger charge is 2.31. The van der Waals surface area contributed by atoms with Gasteiger partial charge in [0.1, 0.15) is 0 Å². The van der Waals surface area contributed by atoms with Crippen molar-refractivity contribution < 1.29 is 9.53 Å². The van der Waals surface area contributed by atoms with E-state index in [1.807, 2.05) is 6.92 Å². The summed E-state index contributed by atoms with van der Waals surface area (Å²) in [4.78, 5) is 10.5. The molecule has 2 atom stereocenters. The molecule has 1 aliphatic rings. The van der Waals surface area contributed by atoms with Crippen molar-refractivity contribution in [1.29, 1.82) is 0 Å². The zero-order valence-electron chi connectivity index (χ0n) is 5.26. The molecule has 0 aromatic rings. The normalized spacial score (nSPS) is 34.7. The van der Waals surface area contributed by atoms with E-state index in [2.05, 4.69) is 0 Å². The quantitative estimate of drug-likeness (QED) is 0.416. The molecule has 2 unspecified atom stereocenters. The molecule has 1 aliphatic heterocycles. The molecule has 1 rings (SSSR count). The van der Waals surface area contributed by atoms with E-state index >= 15 is 0 Å². The lowest BCUT2D eigenvalue weighted by molar-refractivity contribution is -0.139. The fourth-order valence-corrected chi connectivity index (χ4v) is 1.27. The minimum absolute atomic E-state index is 0.165. The zero-order chi connectivity index (χ0) is 6.85. The third kappa shape index (κ3) is 1.36. The molecule has 1 heterocycles. The fourth-order valence-electron chi connectivity index (χ4n) is 0.906. The summed E-state index contributed by atoms with van der Waals surface area (Å²) < 4.78 is 4.69. The maximum atomic E-state index is 10.5. The third-order valence-electron chi connectivity index (χ3n) is 1.57. The van der Waals surface area contributed by atoms with Gasteiger partial charge in [-0.3, -0.25) is 4.79 Å². The first-order valence-corrected chi connectivity index (χ1v) is 3.51. The van der Waals surface area contributed by atoms with Gasteiger partial charge in [0, 0.05) is 5.92 Å². The van der Waals surface area contributed by atoms with Gasteiger partial charge in [0.2, 0.25) is 0 Å². The molecule has 9 heavy (non-hydrogen) atoms. The van der Waals surface area contributed by atoms with Crippen LogP contribution in [0.2, 0.25) is 0 Å². The lowest BCUT2D eigenvalue weighted by atomic mass is 10.1. The lowest BCUT2D eigenvalue weighted by Gasteiger charge is -2.05. The van der Waals surface area contributed by atoms with Gasteiger partial charge < -0.3 is 4.74 Å². The lowest BCUT2D eigenvalue weighted by Crippen LogP contribution is -2.05. The predicted octanol–water partition coefficient (Wildman–Crippen LogP) is 1.52. The van der Waals surface area contributed by atoms with Crippen molar-refractivity contribution in [2.45, 2.75) is 25.3 Å². The molecule has 2 nitrogen and oxygen atoms in total. The Morgan fingerprint density at radius 2 is 2.56 bits per heavy atom. The van der Waals surface area contributed by atoms with Gasteiger partial charge in [0.25, 0.3) is 0 Å². The van der Waals surface area contributed by atoms with Gasteiger partial charge in [-0.05, 0) is 6.42 Å². The molecular weight excluding hydrogens is 140 g/mol. The van der Waals surface area contributed by atoms with Crippen LogP contribution in [-0.2, 0) is 9.53 Å². The van der Waals surface area contributed by atoms with Crippen molar-refractivity contribution in [2.75, 3.05) is 0 Å². The Morgan fingerprint density at radius 3 is 2.78 bits per heavy atom. The Balaban J connectivity index is 2.47. The van der Waals surface area contributed by atoms with Gasteiger partial charge in [-0.1, -0.05) is 18.5 Å². The predicted molar refractivity (Wildman–Crippen MR) is 34.1 cm³/mol. The zero-order valence-corrected chi connectivity index (χ0v) is 6.02. The number of carbonyl (C=O) groups excluding carboxylic acids is 1. The van der Waals surface area contributed by atoms with Gasteiger partial charge in [-0.2, -0.15) is 0 Å². The van der Waals surface area contributed by atoms with Crippen molar-refractivity contribution in [3.05, 3.63) is 0 Å². The smallest absolute Gasteiger partial charge is 0.307 e. The Labute approximate surface area is 59.1 Å². The largest absolute Gasteiger partial charge is 0.446 e. The van der Waals surface area contributed by atoms with Gasteiger partial charge in [-0.25, -0.2) is 0 Å². The summed E-state index contributed by atoms with van der Waals surface area (Å²) in [6, 6.07) is 0. The molecule has 0 bridgehead atoms. The Morgan fingerprint density at radius 1 is 1.89 bits per heavy atom. The SMILES string of the molecule is CCC1CC(=O)OC1Cl. The summed E-state index contributed by atoms with van der Waals surface area (Å²) in [5.41, 5.74) is -0.373. The van der Waals surface area contributed by atoms with Crippen LogP contribution >= 0.6 is 11.6 Å². The van der Waals surface area contributed by atoms with E-state index in [1.165, 1.54) is 0 Å². The monoisotopic (exact) mass is 148 g/mol. The van der Waals surface area contributed by atoms with E-state index in [0.29, 0.717) is 6.42 Å². The number of hydrogen-bond donors (Lipinski definition) is 0. The van der Waals surface area contributed by atoms with Crippen LogP contribution < -0.4 is 0 Å². The second kappa shape index (κ2) is 2.56. The second-order valence-electron chi connectivity index (χ2n) is 2.21. The van der Waals surface area contributed by atoms with Gasteiger partial charge in [0.05, 0.1) is 6.42 Å². The first kappa shape index (κ1) is 6.87. The minimum atomic E-state index is -0.373. The number of hydrogen-bond acceptors (Lipinski definition) is 2. The summed E-state index contributed by atoms with van der Waals surface area (Å²) in [5, 5.41) is 0. The van der Waals surface area contributed by atoms with Crippen LogP contribution in [0.5, 0.6) is 0 Å². The van der Waals surface area contributed by atoms with Crippen LogP contribution in [-0.4, -0.2) is 11.5 Å². The molecule has 1 fully saturated rings. The molecule has 0 saturated carbocycles. The summed E-state index contributed by atoms with van der Waals surface area (Å²) in [5.74, 6) is 0.0704. The second-order valence-corrected chi connectivity index (χ2v) is 2.64. The average molecular weight is 149 g/mol. The minimum Gasteiger partial charge on any atom is -0.446 e. The molecule has 0 spiro atoms. The number of ether oxygens (including phenoxy) is 1. The van der Waals surface area contributed by atoms with E-state index in [4.69, 9.17) is 16.3 Å². The van der Waals surface area contributed by atoms with Crippen molar-refractivity contribution >= 4 is 17.6 Å². The number of rotatable bonds is 1. The standard InChI is InChI=1S/C6H9ClO2/c1-2-4-3-5(8)9-6(4)7/h4,6H,2-3H2,1H3. The summed E-state index contributed by atoms with van der Waals surface area (Å²) in [6.45, 7) is 2.00. The van der Waals surface area contributed by atoms with Gasteiger partial charge in [0.15, 0.2) is 5.56 Å². The van der Waals surface area contributed by atoms with Crippen molar-refractivity contribution in [3.63, 3.8) is 0 Å². The molecule has 1 saturated heterocycles. The first-order chi connectivity index (χ1) is 4.24. The molecule has 0 N–H and O–H groups in total. The van der Waals surface area contributed by atoms with Crippen LogP contribution in [0.15, 0.2) is 0 Å². The number of alkyl halides is 1. The third-order valence-corrected chi connectivity index (χ3v) is 2.01. The van der Waals surface area contributed by atoms with E-state index < -0.39 is 0 Å². The number of carbonyl (C=O) groups is 1. The molecule has 3 heteroatoms. The van der Waals surface area contributed by atoms with Gasteiger partial charge in [-0.15, -0.1) is 0 Å². The number of halogens is 1. The van der Waals surface area contributed by atoms with Crippen LogP contribution in [0.25, 0.3) is 0 Å². The van der Waals surface area contributed by atoms with Gasteiger partial charge >= 0.3 is 5.97 Å². The topological polar surface area (TPSA) is 26.3 Å². The number of esters is 1. The average Bonchev–Trinajstić information content (AvgIpc) is 2.10. The Hall–Kier alpha value is -0.240. The van der Waals surface area contributed by atoms with Crippen LogP contribution in [0.1, 0.15) is 19.8 Å². The molecule has 0 aliphatic carbocycles. The van der Waals surface area contributed by atoms with Crippen molar-refractivity contribution in [3.8, 4) is 0 Å². The summed E-state index contributed by atoms with van der Waals surface area (Å²) in [7, 11) is 0. The summed E-state index contributed by atoms with van der Waals surface area (Å²) in [6.07, 6.45) is 1.41. The highest BCUT2D eigenvalue weighted by molar-refractivity contribution is 6.21. The van der Waals surface area contributed by atoms with Crippen molar-refractivity contribution in [1.82, 2.24) is 0 Å². The van der Waals surface area contributed by atoms with E-state index in [1.54, 1.807) is 0 Å². The maximum absolute atomic E-state index is 10.5. The highest BCUT2D eigenvalue weighted by atomic mass is 35.5. The van der Waals surface area contributed by atoms with Crippen LogP contribution in [0, 0.1) is 5.92 Å². The summed E-state index contributed by atoms with van der Waals surface area (Å²) >= 11 is 5.63. The fraction of sp³-hybridized carbons (Fsp3) is 0.833.